The summed E-state index contributed by atoms with van der Waals surface area (Å²) in [5.74, 6) is 0.747. The van der Waals surface area contributed by atoms with Crippen molar-refractivity contribution in [1.82, 2.24) is 15.1 Å². The van der Waals surface area contributed by atoms with Crippen LogP contribution in [0.2, 0.25) is 0 Å². The second-order valence-corrected chi connectivity index (χ2v) is 5.61. The molecular formula is C13H24N4. The summed E-state index contributed by atoms with van der Waals surface area (Å²) < 4.78 is 1.88. The fourth-order valence-electron chi connectivity index (χ4n) is 2.57. The Morgan fingerprint density at radius 1 is 1.53 bits per heavy atom. The van der Waals surface area contributed by atoms with Crippen molar-refractivity contribution in [2.45, 2.75) is 39.3 Å². The Labute approximate surface area is 104 Å². The summed E-state index contributed by atoms with van der Waals surface area (Å²) in [6.45, 7) is 8.99. The van der Waals surface area contributed by atoms with Crippen molar-refractivity contribution in [2.24, 2.45) is 13.0 Å². The van der Waals surface area contributed by atoms with Crippen LogP contribution in [0, 0.1) is 5.92 Å². The van der Waals surface area contributed by atoms with Gasteiger partial charge < -0.3 is 10.2 Å². The number of aryl methyl sites for hydroxylation is 1. The van der Waals surface area contributed by atoms with Crippen LogP contribution in [0.15, 0.2) is 12.4 Å². The molecule has 0 radical (unpaired) electrons. The third-order valence-electron chi connectivity index (χ3n) is 3.43. The third-order valence-corrected chi connectivity index (χ3v) is 3.43. The van der Waals surface area contributed by atoms with Gasteiger partial charge in [-0.1, -0.05) is 13.8 Å². The molecule has 17 heavy (non-hydrogen) atoms. The number of nitrogens with zero attached hydrogens (tertiary/aromatic N) is 3. The number of aromatic nitrogens is 2. The molecular weight excluding hydrogens is 212 g/mol. The van der Waals surface area contributed by atoms with E-state index < -0.39 is 0 Å². The Kier molecular flexibility index (Phi) is 3.72. The highest BCUT2D eigenvalue weighted by Gasteiger charge is 2.26. The Balaban J connectivity index is 2.04. The number of rotatable bonds is 3. The van der Waals surface area contributed by atoms with E-state index in [4.69, 9.17) is 0 Å². The quantitative estimate of drug-likeness (QED) is 0.866. The smallest absolute Gasteiger partial charge is 0.0755 e. The molecule has 1 fully saturated rings. The van der Waals surface area contributed by atoms with Crippen LogP contribution in [0.4, 0.5) is 5.69 Å². The van der Waals surface area contributed by atoms with Crippen LogP contribution in [-0.4, -0.2) is 35.0 Å². The number of hydrogen-bond acceptors (Lipinski definition) is 3. The molecule has 96 valence electrons. The molecule has 4 nitrogen and oxygen atoms in total. The molecule has 0 amide bonds. The van der Waals surface area contributed by atoms with E-state index in [9.17, 15) is 0 Å². The summed E-state index contributed by atoms with van der Waals surface area (Å²) in [4.78, 5) is 2.47. The monoisotopic (exact) mass is 236 g/mol. The van der Waals surface area contributed by atoms with Gasteiger partial charge in [0.2, 0.25) is 0 Å². The van der Waals surface area contributed by atoms with Crippen LogP contribution in [0.3, 0.4) is 0 Å². The Hall–Kier alpha value is -1.03. The zero-order valence-electron chi connectivity index (χ0n) is 11.3. The van der Waals surface area contributed by atoms with Crippen LogP contribution in [0.1, 0.15) is 27.2 Å². The first-order valence-corrected chi connectivity index (χ1v) is 6.55. The molecule has 0 aromatic carbocycles. The number of piperazine rings is 1. The highest BCUT2D eigenvalue weighted by Crippen LogP contribution is 2.20. The summed E-state index contributed by atoms with van der Waals surface area (Å²) in [5.41, 5.74) is 1.25. The summed E-state index contributed by atoms with van der Waals surface area (Å²) in [5, 5.41) is 7.90. The van der Waals surface area contributed by atoms with Crippen molar-refractivity contribution in [2.75, 3.05) is 18.0 Å². The number of hydrogen-bond donors (Lipinski definition) is 1. The van der Waals surface area contributed by atoms with Crippen molar-refractivity contribution in [3.63, 3.8) is 0 Å². The SMILES string of the molecule is CC(C)CC1CN(c2cnn(C)c2)C(C)CN1. The summed E-state index contributed by atoms with van der Waals surface area (Å²) >= 11 is 0. The van der Waals surface area contributed by atoms with Gasteiger partial charge in [-0.15, -0.1) is 0 Å². The van der Waals surface area contributed by atoms with Gasteiger partial charge in [0.05, 0.1) is 11.9 Å². The highest BCUT2D eigenvalue weighted by molar-refractivity contribution is 5.44. The lowest BCUT2D eigenvalue weighted by atomic mass is 10.00. The lowest BCUT2D eigenvalue weighted by Crippen LogP contribution is -2.55. The second kappa shape index (κ2) is 5.08. The van der Waals surface area contributed by atoms with Gasteiger partial charge in [0.1, 0.15) is 0 Å². The molecule has 0 bridgehead atoms. The van der Waals surface area contributed by atoms with Crippen molar-refractivity contribution in [3.05, 3.63) is 12.4 Å². The number of nitrogens with one attached hydrogen (secondary N) is 1. The minimum Gasteiger partial charge on any atom is -0.363 e. The molecule has 1 saturated heterocycles. The van der Waals surface area contributed by atoms with E-state index in [1.807, 2.05) is 17.9 Å². The molecule has 1 aromatic rings. The first-order valence-electron chi connectivity index (χ1n) is 6.55. The molecule has 2 atom stereocenters. The molecule has 1 aliphatic heterocycles. The molecule has 1 aromatic heterocycles. The van der Waals surface area contributed by atoms with E-state index >= 15 is 0 Å². The van der Waals surface area contributed by atoms with Crippen LogP contribution < -0.4 is 10.2 Å². The first kappa shape index (κ1) is 12.4. The topological polar surface area (TPSA) is 33.1 Å². The van der Waals surface area contributed by atoms with Crippen molar-refractivity contribution < 1.29 is 0 Å². The molecule has 0 aliphatic carbocycles. The molecule has 0 spiro atoms. The average Bonchev–Trinajstić information content (AvgIpc) is 2.67. The van der Waals surface area contributed by atoms with E-state index in [1.165, 1.54) is 12.1 Å². The van der Waals surface area contributed by atoms with E-state index in [0.29, 0.717) is 12.1 Å². The lowest BCUT2D eigenvalue weighted by Gasteiger charge is -2.40. The summed E-state index contributed by atoms with van der Waals surface area (Å²) in [7, 11) is 1.97. The zero-order valence-corrected chi connectivity index (χ0v) is 11.3. The Morgan fingerprint density at radius 2 is 2.29 bits per heavy atom. The minimum absolute atomic E-state index is 0.544. The maximum absolute atomic E-state index is 4.27. The van der Waals surface area contributed by atoms with E-state index in [-0.39, 0.29) is 0 Å². The van der Waals surface area contributed by atoms with E-state index in [2.05, 4.69) is 42.3 Å². The standard InChI is InChI=1S/C13H24N4/c1-10(2)5-12-8-17(11(3)6-14-12)13-7-15-16(4)9-13/h7,9-12,14H,5-6,8H2,1-4H3. The van der Waals surface area contributed by atoms with Gasteiger partial charge in [0.25, 0.3) is 0 Å². The van der Waals surface area contributed by atoms with Crippen LogP contribution >= 0.6 is 0 Å². The molecule has 2 unspecified atom stereocenters. The van der Waals surface area contributed by atoms with Gasteiger partial charge >= 0.3 is 0 Å². The first-order chi connectivity index (χ1) is 8.06. The molecule has 1 aliphatic rings. The predicted molar refractivity (Wildman–Crippen MR) is 71.3 cm³/mol. The predicted octanol–water partition coefficient (Wildman–Crippen LogP) is 1.63. The summed E-state index contributed by atoms with van der Waals surface area (Å²) in [6, 6.07) is 1.15. The average molecular weight is 236 g/mol. The Morgan fingerprint density at radius 3 is 2.88 bits per heavy atom. The fraction of sp³-hybridized carbons (Fsp3) is 0.769. The molecule has 2 heterocycles. The number of anilines is 1. The largest absolute Gasteiger partial charge is 0.363 e. The lowest BCUT2D eigenvalue weighted by molar-refractivity contribution is 0.356. The van der Waals surface area contributed by atoms with Gasteiger partial charge in [-0.2, -0.15) is 5.10 Å². The second-order valence-electron chi connectivity index (χ2n) is 5.61. The Bertz CT molecular complexity index is 358. The minimum atomic E-state index is 0.544. The molecule has 2 rings (SSSR count). The van der Waals surface area contributed by atoms with E-state index in [0.717, 1.165) is 19.0 Å². The van der Waals surface area contributed by atoms with Crippen LogP contribution in [-0.2, 0) is 7.05 Å². The van der Waals surface area contributed by atoms with E-state index in [1.54, 1.807) is 0 Å². The normalized spacial score (nSPS) is 25.6. The van der Waals surface area contributed by atoms with Crippen molar-refractivity contribution in [3.8, 4) is 0 Å². The highest BCUT2D eigenvalue weighted by atomic mass is 15.3. The molecule has 0 saturated carbocycles. The fourth-order valence-corrected chi connectivity index (χ4v) is 2.57. The maximum atomic E-state index is 4.27. The van der Waals surface area contributed by atoms with Crippen LogP contribution in [0.25, 0.3) is 0 Å². The van der Waals surface area contributed by atoms with Gasteiger partial charge in [-0.3, -0.25) is 4.68 Å². The maximum Gasteiger partial charge on any atom is 0.0755 e. The van der Waals surface area contributed by atoms with Gasteiger partial charge in [0, 0.05) is 38.4 Å². The molecule has 4 heteroatoms. The molecule has 1 N–H and O–H groups in total. The summed E-state index contributed by atoms with van der Waals surface area (Å²) in [6.07, 6.45) is 5.31. The van der Waals surface area contributed by atoms with Crippen LogP contribution in [0.5, 0.6) is 0 Å². The van der Waals surface area contributed by atoms with Crippen molar-refractivity contribution >= 4 is 5.69 Å². The van der Waals surface area contributed by atoms with Gasteiger partial charge in [-0.25, -0.2) is 0 Å². The van der Waals surface area contributed by atoms with Gasteiger partial charge in [0.15, 0.2) is 0 Å². The zero-order chi connectivity index (χ0) is 12.4. The third kappa shape index (κ3) is 3.00. The van der Waals surface area contributed by atoms with Crippen molar-refractivity contribution in [1.29, 1.82) is 0 Å². The van der Waals surface area contributed by atoms with Gasteiger partial charge in [-0.05, 0) is 19.3 Å².